The lowest BCUT2D eigenvalue weighted by atomic mass is 10.1. The van der Waals surface area contributed by atoms with E-state index in [4.69, 9.17) is 0 Å². The molecule has 0 aliphatic carbocycles. The highest BCUT2D eigenvalue weighted by molar-refractivity contribution is 7.90. The van der Waals surface area contributed by atoms with E-state index in [2.05, 4.69) is 15.6 Å². The average molecular weight is 341 g/mol. The van der Waals surface area contributed by atoms with Gasteiger partial charge < -0.3 is 15.6 Å². The molecular formula is C15H20FN3O3S. The molecule has 0 bridgehead atoms. The molecule has 0 aliphatic rings. The Morgan fingerprint density at radius 3 is 2.83 bits per heavy atom. The molecule has 126 valence electrons. The van der Waals surface area contributed by atoms with Gasteiger partial charge in [0.15, 0.2) is 0 Å². The van der Waals surface area contributed by atoms with E-state index in [1.807, 2.05) is 0 Å². The molecular weight excluding hydrogens is 321 g/mol. The minimum Gasteiger partial charge on any atom is -0.361 e. The summed E-state index contributed by atoms with van der Waals surface area (Å²) < 4.78 is 35.6. The maximum absolute atomic E-state index is 13.3. The molecule has 3 N–H and O–H groups in total. The molecule has 0 saturated carbocycles. The third-order valence-corrected chi connectivity index (χ3v) is 4.45. The quantitative estimate of drug-likeness (QED) is 0.745. The van der Waals surface area contributed by atoms with Crippen LogP contribution in [0.5, 0.6) is 0 Å². The number of benzene rings is 1. The van der Waals surface area contributed by atoms with Crippen LogP contribution in [-0.2, 0) is 16.3 Å². The van der Waals surface area contributed by atoms with Crippen molar-refractivity contribution in [2.75, 3.05) is 18.6 Å². The largest absolute Gasteiger partial charge is 0.361 e. The van der Waals surface area contributed by atoms with Gasteiger partial charge in [-0.15, -0.1) is 0 Å². The molecule has 0 spiro atoms. The van der Waals surface area contributed by atoms with Crippen molar-refractivity contribution >= 4 is 26.8 Å². The number of nitrogens with one attached hydrogen (secondary N) is 3. The number of hydrogen-bond acceptors (Lipinski definition) is 3. The number of aromatic nitrogens is 1. The number of halogens is 1. The van der Waals surface area contributed by atoms with Crippen LogP contribution in [0.25, 0.3) is 10.9 Å². The van der Waals surface area contributed by atoms with E-state index < -0.39 is 21.9 Å². The predicted molar refractivity (Wildman–Crippen MR) is 87.7 cm³/mol. The minimum absolute atomic E-state index is 0.109. The molecule has 0 radical (unpaired) electrons. The van der Waals surface area contributed by atoms with Crippen molar-refractivity contribution in [3.8, 4) is 0 Å². The van der Waals surface area contributed by atoms with Gasteiger partial charge in [0.05, 0.1) is 5.75 Å². The van der Waals surface area contributed by atoms with E-state index in [-0.39, 0.29) is 11.6 Å². The third-order valence-electron chi connectivity index (χ3n) is 3.34. The zero-order valence-electron chi connectivity index (χ0n) is 13.0. The Hall–Kier alpha value is -2.09. The lowest BCUT2D eigenvalue weighted by Crippen LogP contribution is -2.44. The van der Waals surface area contributed by atoms with Gasteiger partial charge in [-0.25, -0.2) is 17.6 Å². The number of carbonyl (C=O) groups is 1. The summed E-state index contributed by atoms with van der Waals surface area (Å²) in [4.78, 5) is 14.8. The van der Waals surface area contributed by atoms with Crippen LogP contribution in [0.3, 0.4) is 0 Å². The average Bonchev–Trinajstić information content (AvgIpc) is 2.79. The second-order valence-corrected chi connectivity index (χ2v) is 7.83. The Morgan fingerprint density at radius 1 is 1.39 bits per heavy atom. The molecule has 1 aromatic carbocycles. The Bertz CT molecular complexity index is 801. The fourth-order valence-corrected chi connectivity index (χ4v) is 3.43. The molecule has 1 unspecified atom stereocenters. The summed E-state index contributed by atoms with van der Waals surface area (Å²) >= 11 is 0. The van der Waals surface area contributed by atoms with Crippen molar-refractivity contribution < 1.29 is 17.6 Å². The van der Waals surface area contributed by atoms with Crippen molar-refractivity contribution in [1.29, 1.82) is 0 Å². The zero-order valence-corrected chi connectivity index (χ0v) is 13.8. The number of carbonyl (C=O) groups excluding carboxylic acids is 1. The van der Waals surface area contributed by atoms with Gasteiger partial charge in [-0.05, 0) is 37.1 Å². The van der Waals surface area contributed by atoms with Gasteiger partial charge in [0.1, 0.15) is 15.7 Å². The Labute approximate surface area is 134 Å². The smallest absolute Gasteiger partial charge is 0.315 e. The van der Waals surface area contributed by atoms with Gasteiger partial charge in [-0.1, -0.05) is 0 Å². The van der Waals surface area contributed by atoms with Crippen LogP contribution in [0, 0.1) is 5.82 Å². The number of H-pyrrole nitrogens is 1. The van der Waals surface area contributed by atoms with Crippen molar-refractivity contribution in [1.82, 2.24) is 15.6 Å². The van der Waals surface area contributed by atoms with Gasteiger partial charge in [-0.2, -0.15) is 0 Å². The van der Waals surface area contributed by atoms with Crippen molar-refractivity contribution in [3.05, 3.63) is 35.8 Å². The molecule has 8 heteroatoms. The summed E-state index contributed by atoms with van der Waals surface area (Å²) in [5.41, 5.74) is 1.75. The Morgan fingerprint density at radius 2 is 2.13 bits per heavy atom. The number of rotatable bonds is 6. The first-order valence-corrected chi connectivity index (χ1v) is 9.28. The number of aromatic amines is 1. The first-order chi connectivity index (χ1) is 10.7. The summed E-state index contributed by atoms with van der Waals surface area (Å²) in [6.45, 7) is 1.99. The van der Waals surface area contributed by atoms with E-state index >= 15 is 0 Å². The van der Waals surface area contributed by atoms with Crippen molar-refractivity contribution in [2.24, 2.45) is 0 Å². The summed E-state index contributed by atoms with van der Waals surface area (Å²) in [7, 11) is -3.14. The summed E-state index contributed by atoms with van der Waals surface area (Å²) in [5.74, 6) is -0.416. The summed E-state index contributed by atoms with van der Waals surface area (Å²) in [6.07, 6.45) is 3.45. The highest BCUT2D eigenvalue weighted by atomic mass is 32.2. The van der Waals surface area contributed by atoms with E-state index in [1.165, 1.54) is 12.1 Å². The first-order valence-electron chi connectivity index (χ1n) is 7.22. The highest BCUT2D eigenvalue weighted by Gasteiger charge is 2.13. The topological polar surface area (TPSA) is 91.1 Å². The van der Waals surface area contributed by atoms with Crippen LogP contribution in [0.4, 0.5) is 9.18 Å². The fraction of sp³-hybridized carbons (Fsp3) is 0.400. The van der Waals surface area contributed by atoms with E-state index in [0.717, 1.165) is 22.7 Å². The monoisotopic (exact) mass is 341 g/mol. The van der Waals surface area contributed by atoms with Crippen LogP contribution in [-0.4, -0.2) is 44.0 Å². The Balaban J connectivity index is 1.84. The summed E-state index contributed by atoms with van der Waals surface area (Å²) in [5, 5.41) is 6.02. The molecule has 2 amide bonds. The van der Waals surface area contributed by atoms with Crippen LogP contribution >= 0.6 is 0 Å². The lowest BCUT2D eigenvalue weighted by Gasteiger charge is -2.13. The van der Waals surface area contributed by atoms with Crippen LogP contribution in [0.2, 0.25) is 0 Å². The van der Waals surface area contributed by atoms with E-state index in [1.54, 1.807) is 19.2 Å². The number of fused-ring (bicyclic) bond motifs is 1. The number of sulfone groups is 1. The third kappa shape index (κ3) is 5.24. The van der Waals surface area contributed by atoms with E-state index in [9.17, 15) is 17.6 Å². The SMILES string of the molecule is CC(CS(C)(=O)=O)NC(=O)NCCc1c[nH]c2ccc(F)cc12. The zero-order chi connectivity index (χ0) is 17.0. The Kier molecular flexibility index (Phi) is 5.25. The van der Waals surface area contributed by atoms with Crippen LogP contribution in [0.1, 0.15) is 12.5 Å². The maximum Gasteiger partial charge on any atom is 0.315 e. The van der Waals surface area contributed by atoms with Crippen molar-refractivity contribution in [3.63, 3.8) is 0 Å². The fourth-order valence-electron chi connectivity index (χ4n) is 2.44. The number of amides is 2. The van der Waals surface area contributed by atoms with Gasteiger partial charge in [0.25, 0.3) is 0 Å². The van der Waals surface area contributed by atoms with Gasteiger partial charge in [-0.3, -0.25) is 0 Å². The highest BCUT2D eigenvalue weighted by Crippen LogP contribution is 2.19. The minimum atomic E-state index is -3.14. The molecule has 1 aromatic heterocycles. The predicted octanol–water partition coefficient (Wildman–Crippen LogP) is 1.58. The molecule has 2 aromatic rings. The molecule has 0 aliphatic heterocycles. The van der Waals surface area contributed by atoms with Crippen LogP contribution in [0.15, 0.2) is 24.4 Å². The summed E-state index contributed by atoms with van der Waals surface area (Å²) in [6, 6.07) is 3.62. The standard InChI is InChI=1S/C15H20FN3O3S/c1-10(9-23(2,21)22)19-15(20)17-6-5-11-8-18-14-4-3-12(16)7-13(11)14/h3-4,7-8,10,18H,5-6,9H2,1-2H3,(H2,17,19,20). The second kappa shape index (κ2) is 6.99. The van der Waals surface area contributed by atoms with Gasteiger partial charge in [0, 0.05) is 35.9 Å². The maximum atomic E-state index is 13.3. The molecule has 0 fully saturated rings. The molecule has 1 atom stereocenters. The molecule has 23 heavy (non-hydrogen) atoms. The van der Waals surface area contributed by atoms with Gasteiger partial charge in [0.2, 0.25) is 0 Å². The van der Waals surface area contributed by atoms with Gasteiger partial charge >= 0.3 is 6.03 Å². The normalized spacial score (nSPS) is 13.0. The van der Waals surface area contributed by atoms with Crippen LogP contribution < -0.4 is 10.6 Å². The first kappa shape index (κ1) is 17.3. The molecule has 0 saturated heterocycles. The lowest BCUT2D eigenvalue weighted by molar-refractivity contribution is 0.239. The molecule has 6 nitrogen and oxygen atoms in total. The second-order valence-electron chi connectivity index (χ2n) is 5.65. The number of hydrogen-bond donors (Lipinski definition) is 3. The number of urea groups is 1. The molecule has 2 rings (SSSR count). The van der Waals surface area contributed by atoms with E-state index in [0.29, 0.717) is 13.0 Å². The molecule has 1 heterocycles. The van der Waals surface area contributed by atoms with Crippen molar-refractivity contribution in [2.45, 2.75) is 19.4 Å².